The number of halogens is 3. The van der Waals surface area contributed by atoms with Gasteiger partial charge in [-0.05, 0) is 56.8 Å². The Morgan fingerprint density at radius 1 is 1.18 bits per heavy atom. The van der Waals surface area contributed by atoms with E-state index in [4.69, 9.17) is 11.6 Å². The Bertz CT molecular complexity index is 1330. The van der Waals surface area contributed by atoms with Crippen molar-refractivity contribution in [2.45, 2.75) is 20.0 Å². The summed E-state index contributed by atoms with van der Waals surface area (Å²) in [5.74, 6) is 5.68. The van der Waals surface area contributed by atoms with Gasteiger partial charge in [-0.1, -0.05) is 6.07 Å². The summed E-state index contributed by atoms with van der Waals surface area (Å²) in [7, 11) is 5.24. The van der Waals surface area contributed by atoms with Crippen LogP contribution in [0.2, 0.25) is 0 Å². The molecule has 3 aromatic rings. The number of carbonyl (C=O) groups excluding carboxylic acids is 1. The summed E-state index contributed by atoms with van der Waals surface area (Å²) in [5.41, 5.74) is 9.16. The number of nitrogens with one attached hydrogen (secondary N) is 2. The average Bonchev–Trinajstić information content (AvgIpc) is 3.19. The summed E-state index contributed by atoms with van der Waals surface area (Å²) in [6, 6.07) is 8.31. The number of amides is 1. The Hall–Kier alpha value is -4.03. The van der Waals surface area contributed by atoms with Crippen molar-refractivity contribution in [1.29, 1.82) is 0 Å². The standard InChI is InChI=1S/C26H33F3N8O/c1-16-6-7-18(10-24(16)37(31)15-23(30)22-14-33-36(5)17(22)2)25(38)34-20-11-19(26(27,28)29)12-21(13-20)35(4)9-8-32-3/h6-7,10-15,32H,8-9,30-31H2,1-5H3,(H,34,38)/b23-15-. The number of rotatable bonds is 9. The van der Waals surface area contributed by atoms with Crippen molar-refractivity contribution in [3.8, 4) is 0 Å². The minimum absolute atomic E-state index is 0.0269. The average molecular weight is 531 g/mol. The third kappa shape index (κ3) is 6.64. The van der Waals surface area contributed by atoms with Gasteiger partial charge in [0.25, 0.3) is 5.91 Å². The smallest absolute Gasteiger partial charge is 0.397 e. The van der Waals surface area contributed by atoms with Crippen LogP contribution in [0, 0.1) is 13.8 Å². The summed E-state index contributed by atoms with van der Waals surface area (Å²) in [6.45, 7) is 4.75. The molecule has 0 saturated carbocycles. The maximum atomic E-state index is 13.6. The van der Waals surface area contributed by atoms with Crippen molar-refractivity contribution < 1.29 is 18.0 Å². The molecule has 0 unspecified atom stereocenters. The highest BCUT2D eigenvalue weighted by Gasteiger charge is 2.31. The van der Waals surface area contributed by atoms with E-state index >= 15 is 0 Å². The molecule has 0 aliphatic heterocycles. The van der Waals surface area contributed by atoms with Crippen molar-refractivity contribution >= 4 is 28.7 Å². The number of benzene rings is 2. The topological polar surface area (TPSA) is 117 Å². The molecule has 1 heterocycles. The van der Waals surface area contributed by atoms with Gasteiger partial charge in [-0.3, -0.25) is 14.5 Å². The second kappa shape index (κ2) is 11.6. The normalized spacial score (nSPS) is 12.0. The fourth-order valence-corrected chi connectivity index (χ4v) is 3.78. The Balaban J connectivity index is 1.89. The lowest BCUT2D eigenvalue weighted by atomic mass is 10.1. The number of aryl methyl sites for hydroxylation is 2. The van der Waals surface area contributed by atoms with Crippen LogP contribution in [-0.4, -0.2) is 42.9 Å². The number of carbonyl (C=O) groups is 1. The van der Waals surface area contributed by atoms with Gasteiger partial charge in [0, 0.05) is 61.6 Å². The van der Waals surface area contributed by atoms with Crippen molar-refractivity contribution in [2.75, 3.05) is 42.4 Å². The molecular formula is C26H33F3N8O. The van der Waals surface area contributed by atoms with Gasteiger partial charge in [-0.2, -0.15) is 18.3 Å². The minimum Gasteiger partial charge on any atom is -0.397 e. The molecule has 0 aliphatic carbocycles. The Morgan fingerprint density at radius 2 is 1.89 bits per heavy atom. The zero-order chi connectivity index (χ0) is 28.2. The van der Waals surface area contributed by atoms with Crippen LogP contribution in [-0.2, 0) is 13.2 Å². The third-order valence-corrected chi connectivity index (χ3v) is 6.21. The van der Waals surface area contributed by atoms with E-state index in [1.165, 1.54) is 17.3 Å². The molecule has 6 N–H and O–H groups in total. The Morgan fingerprint density at radius 3 is 2.50 bits per heavy atom. The van der Waals surface area contributed by atoms with Crippen LogP contribution in [0.5, 0.6) is 0 Å². The monoisotopic (exact) mass is 530 g/mol. The predicted octanol–water partition coefficient (Wildman–Crippen LogP) is 3.60. The Kier molecular flexibility index (Phi) is 8.69. The maximum Gasteiger partial charge on any atom is 0.416 e. The molecule has 12 heteroatoms. The summed E-state index contributed by atoms with van der Waals surface area (Å²) >= 11 is 0. The molecule has 0 atom stereocenters. The first kappa shape index (κ1) is 28.5. The summed E-state index contributed by atoms with van der Waals surface area (Å²) in [6.07, 6.45) is -1.42. The molecular weight excluding hydrogens is 497 g/mol. The summed E-state index contributed by atoms with van der Waals surface area (Å²) in [5, 5.41) is 11.0. The molecule has 1 aromatic heterocycles. The van der Waals surface area contributed by atoms with Crippen LogP contribution in [0.1, 0.15) is 32.7 Å². The zero-order valence-electron chi connectivity index (χ0n) is 22.0. The highest BCUT2D eigenvalue weighted by molar-refractivity contribution is 6.05. The van der Waals surface area contributed by atoms with E-state index in [2.05, 4.69) is 15.7 Å². The first-order valence-corrected chi connectivity index (χ1v) is 11.8. The Labute approximate surface area is 219 Å². The molecule has 2 aromatic carbocycles. The molecule has 3 rings (SSSR count). The molecule has 204 valence electrons. The highest BCUT2D eigenvalue weighted by Crippen LogP contribution is 2.34. The van der Waals surface area contributed by atoms with Crippen LogP contribution in [0.15, 0.2) is 48.8 Å². The van der Waals surface area contributed by atoms with Crippen LogP contribution in [0.4, 0.5) is 30.2 Å². The quantitative estimate of drug-likeness (QED) is 0.247. The third-order valence-electron chi connectivity index (χ3n) is 6.21. The maximum absolute atomic E-state index is 13.6. The zero-order valence-corrected chi connectivity index (χ0v) is 22.0. The van der Waals surface area contributed by atoms with Crippen molar-refractivity contribution in [2.24, 2.45) is 18.6 Å². The highest BCUT2D eigenvalue weighted by atomic mass is 19.4. The van der Waals surface area contributed by atoms with Gasteiger partial charge in [-0.15, -0.1) is 0 Å². The number of alkyl halides is 3. The number of hydrazine groups is 1. The van der Waals surface area contributed by atoms with Gasteiger partial charge in [-0.25, -0.2) is 5.84 Å². The molecule has 0 saturated heterocycles. The van der Waals surface area contributed by atoms with Gasteiger partial charge >= 0.3 is 6.18 Å². The SMILES string of the molecule is CNCCN(C)c1cc(NC(=O)c2ccc(C)c(N(N)/C=C(\N)c3cnn(C)c3C)c2)cc(C(F)(F)F)c1. The molecule has 0 aliphatic rings. The van der Waals surface area contributed by atoms with E-state index in [0.717, 1.165) is 29.0 Å². The number of anilines is 3. The van der Waals surface area contributed by atoms with Gasteiger partial charge in [0.2, 0.25) is 0 Å². The van der Waals surface area contributed by atoms with Crippen LogP contribution < -0.4 is 32.1 Å². The molecule has 38 heavy (non-hydrogen) atoms. The molecule has 0 radical (unpaired) electrons. The van der Waals surface area contributed by atoms with Gasteiger partial charge in [0.15, 0.2) is 0 Å². The van der Waals surface area contributed by atoms with Crippen LogP contribution >= 0.6 is 0 Å². The van der Waals surface area contributed by atoms with Crippen LogP contribution in [0.3, 0.4) is 0 Å². The van der Waals surface area contributed by atoms with E-state index < -0.39 is 17.6 Å². The lowest BCUT2D eigenvalue weighted by molar-refractivity contribution is -0.137. The van der Waals surface area contributed by atoms with Gasteiger partial charge < -0.3 is 21.3 Å². The number of hydrogen-bond acceptors (Lipinski definition) is 7. The molecule has 1 amide bonds. The van der Waals surface area contributed by atoms with E-state index in [9.17, 15) is 18.0 Å². The van der Waals surface area contributed by atoms with E-state index in [1.807, 2.05) is 13.8 Å². The van der Waals surface area contributed by atoms with Gasteiger partial charge in [0.05, 0.1) is 23.1 Å². The number of aromatic nitrogens is 2. The number of hydrogen-bond donors (Lipinski definition) is 4. The fourth-order valence-electron chi connectivity index (χ4n) is 3.78. The van der Waals surface area contributed by atoms with E-state index in [0.29, 0.717) is 30.2 Å². The molecule has 0 spiro atoms. The first-order valence-electron chi connectivity index (χ1n) is 11.8. The van der Waals surface area contributed by atoms with E-state index in [1.54, 1.807) is 55.1 Å². The van der Waals surface area contributed by atoms with Crippen molar-refractivity contribution in [3.63, 3.8) is 0 Å². The lowest BCUT2D eigenvalue weighted by Crippen LogP contribution is -2.27. The molecule has 9 nitrogen and oxygen atoms in total. The van der Waals surface area contributed by atoms with Crippen molar-refractivity contribution in [1.82, 2.24) is 15.1 Å². The predicted molar refractivity (Wildman–Crippen MR) is 145 cm³/mol. The first-order chi connectivity index (χ1) is 17.8. The molecule has 0 bridgehead atoms. The number of nitrogens with zero attached hydrogens (tertiary/aromatic N) is 4. The summed E-state index contributed by atoms with van der Waals surface area (Å²) < 4.78 is 42.4. The molecule has 0 fully saturated rings. The van der Waals surface area contributed by atoms with Gasteiger partial charge in [0.1, 0.15) is 0 Å². The second-order valence-corrected chi connectivity index (χ2v) is 9.01. The lowest BCUT2D eigenvalue weighted by Gasteiger charge is -2.22. The number of nitrogens with two attached hydrogens (primary N) is 2. The summed E-state index contributed by atoms with van der Waals surface area (Å²) in [4.78, 5) is 14.8. The van der Waals surface area contributed by atoms with E-state index in [-0.39, 0.29) is 11.3 Å². The fraction of sp³-hybridized carbons (Fsp3) is 0.308. The largest absolute Gasteiger partial charge is 0.416 e. The van der Waals surface area contributed by atoms with Crippen molar-refractivity contribution in [3.05, 3.63) is 76.7 Å². The minimum atomic E-state index is -4.57. The number of likely N-dealkylation sites (N-methyl/N-ethyl adjacent to an activating group) is 2. The van der Waals surface area contributed by atoms with Crippen LogP contribution in [0.25, 0.3) is 5.70 Å². The second-order valence-electron chi connectivity index (χ2n) is 9.01.